The van der Waals surface area contributed by atoms with E-state index in [2.05, 4.69) is 18.7 Å². The molecule has 2 aliphatic rings. The summed E-state index contributed by atoms with van der Waals surface area (Å²) in [5.74, 6) is -0.934. The fraction of sp³-hybridized carbons (Fsp3) is 0.909. The van der Waals surface area contributed by atoms with E-state index in [1.165, 1.54) is 0 Å². The molecule has 1 N–H and O–H groups in total. The van der Waals surface area contributed by atoms with E-state index < -0.39 is 12.1 Å². The number of likely N-dealkylation sites (tertiary alicyclic amines) is 1. The standard InChI is InChI=1S/C11H19NO4/c1-7(2)12-5-3-4-8(12)11-15-6-9(16-11)10(13)14/h7-9,11H,3-6H2,1-2H3,(H,13,14). The van der Waals surface area contributed by atoms with Crippen LogP contribution >= 0.6 is 0 Å². The second kappa shape index (κ2) is 4.69. The van der Waals surface area contributed by atoms with E-state index in [0.29, 0.717) is 6.04 Å². The maximum Gasteiger partial charge on any atom is 0.335 e. The molecule has 0 aromatic heterocycles. The van der Waals surface area contributed by atoms with Crippen molar-refractivity contribution in [3.63, 3.8) is 0 Å². The lowest BCUT2D eigenvalue weighted by atomic mass is 10.2. The molecule has 3 unspecified atom stereocenters. The maximum absolute atomic E-state index is 10.8. The highest BCUT2D eigenvalue weighted by molar-refractivity contribution is 5.72. The molecule has 5 heteroatoms. The van der Waals surface area contributed by atoms with E-state index in [1.54, 1.807) is 0 Å². The fourth-order valence-corrected chi connectivity index (χ4v) is 2.50. The molecule has 0 aromatic rings. The highest BCUT2D eigenvalue weighted by atomic mass is 16.7. The molecule has 92 valence electrons. The number of aliphatic carboxylic acids is 1. The van der Waals surface area contributed by atoms with Crippen LogP contribution in [0, 0.1) is 0 Å². The van der Waals surface area contributed by atoms with Gasteiger partial charge in [-0.25, -0.2) is 4.79 Å². The number of carboxylic acid groups (broad SMARTS) is 1. The quantitative estimate of drug-likeness (QED) is 0.771. The summed E-state index contributed by atoms with van der Waals surface area (Å²) < 4.78 is 10.9. The minimum atomic E-state index is -0.934. The van der Waals surface area contributed by atoms with Crippen LogP contribution in [-0.4, -0.2) is 53.6 Å². The van der Waals surface area contributed by atoms with Gasteiger partial charge in [-0.3, -0.25) is 4.90 Å². The fourth-order valence-electron chi connectivity index (χ4n) is 2.50. The summed E-state index contributed by atoms with van der Waals surface area (Å²) >= 11 is 0. The Bertz CT molecular complexity index is 269. The summed E-state index contributed by atoms with van der Waals surface area (Å²) in [4.78, 5) is 13.1. The van der Waals surface area contributed by atoms with Gasteiger partial charge in [-0.1, -0.05) is 0 Å². The SMILES string of the molecule is CC(C)N1CCCC1C1OCC(C(=O)O)O1. The van der Waals surface area contributed by atoms with Gasteiger partial charge in [-0.15, -0.1) is 0 Å². The normalized spacial score (nSPS) is 36.1. The van der Waals surface area contributed by atoms with Crippen molar-refractivity contribution in [3.8, 4) is 0 Å². The molecule has 2 aliphatic heterocycles. The average molecular weight is 229 g/mol. The highest BCUT2D eigenvalue weighted by Crippen LogP contribution is 2.28. The Kier molecular flexibility index (Phi) is 3.47. The molecule has 0 radical (unpaired) electrons. The molecule has 3 atom stereocenters. The van der Waals surface area contributed by atoms with Crippen molar-refractivity contribution in [2.24, 2.45) is 0 Å². The van der Waals surface area contributed by atoms with Gasteiger partial charge in [0, 0.05) is 6.04 Å². The molecule has 16 heavy (non-hydrogen) atoms. The summed E-state index contributed by atoms with van der Waals surface area (Å²) in [6, 6.07) is 0.660. The highest BCUT2D eigenvalue weighted by Gasteiger charge is 2.41. The van der Waals surface area contributed by atoms with Gasteiger partial charge in [-0.05, 0) is 33.2 Å². The van der Waals surface area contributed by atoms with Crippen LogP contribution in [0.25, 0.3) is 0 Å². The second-order valence-electron chi connectivity index (χ2n) is 4.71. The summed E-state index contributed by atoms with van der Waals surface area (Å²) in [6.07, 6.45) is 0.990. The van der Waals surface area contributed by atoms with E-state index in [-0.39, 0.29) is 18.9 Å². The predicted molar refractivity (Wildman–Crippen MR) is 57.1 cm³/mol. The molecule has 2 saturated heterocycles. The number of nitrogens with zero attached hydrogens (tertiary/aromatic N) is 1. The largest absolute Gasteiger partial charge is 0.479 e. The zero-order valence-corrected chi connectivity index (χ0v) is 9.76. The molecule has 0 amide bonds. The third-order valence-corrected chi connectivity index (χ3v) is 3.31. The molecular formula is C11H19NO4. The molecule has 5 nitrogen and oxygen atoms in total. The monoisotopic (exact) mass is 229 g/mol. The van der Waals surface area contributed by atoms with Crippen molar-refractivity contribution in [1.82, 2.24) is 4.90 Å². The topological polar surface area (TPSA) is 59.0 Å². The molecule has 2 heterocycles. The van der Waals surface area contributed by atoms with E-state index in [9.17, 15) is 4.79 Å². The van der Waals surface area contributed by atoms with Gasteiger partial charge in [-0.2, -0.15) is 0 Å². The van der Waals surface area contributed by atoms with Crippen LogP contribution in [0.1, 0.15) is 26.7 Å². The minimum Gasteiger partial charge on any atom is -0.479 e. The smallest absolute Gasteiger partial charge is 0.335 e. The molecule has 2 rings (SSSR count). The third-order valence-electron chi connectivity index (χ3n) is 3.31. The molecule has 0 aromatic carbocycles. The number of hydrogen-bond acceptors (Lipinski definition) is 4. The molecule has 2 fully saturated rings. The number of carbonyl (C=O) groups is 1. The maximum atomic E-state index is 10.8. The van der Waals surface area contributed by atoms with E-state index in [1.807, 2.05) is 0 Å². The number of carboxylic acids is 1. The Morgan fingerprint density at radius 3 is 2.81 bits per heavy atom. The third kappa shape index (κ3) is 2.21. The summed E-state index contributed by atoms with van der Waals surface area (Å²) in [5.41, 5.74) is 0. The van der Waals surface area contributed by atoms with Gasteiger partial charge < -0.3 is 14.6 Å². The lowest BCUT2D eigenvalue weighted by Gasteiger charge is -2.31. The number of rotatable bonds is 3. The number of hydrogen-bond donors (Lipinski definition) is 1. The lowest BCUT2D eigenvalue weighted by molar-refractivity contribution is -0.154. The van der Waals surface area contributed by atoms with Gasteiger partial charge in [0.25, 0.3) is 0 Å². The average Bonchev–Trinajstić information content (AvgIpc) is 2.86. The Hall–Kier alpha value is -0.650. The lowest BCUT2D eigenvalue weighted by Crippen LogP contribution is -2.43. The van der Waals surface area contributed by atoms with Crippen molar-refractivity contribution >= 4 is 5.97 Å². The first kappa shape index (κ1) is 11.8. The summed E-state index contributed by atoms with van der Waals surface area (Å²) in [6.45, 7) is 5.50. The van der Waals surface area contributed by atoms with Crippen LogP contribution in [0.15, 0.2) is 0 Å². The zero-order chi connectivity index (χ0) is 11.7. The van der Waals surface area contributed by atoms with Gasteiger partial charge in [0.1, 0.15) is 0 Å². The van der Waals surface area contributed by atoms with Crippen molar-refractivity contribution < 1.29 is 19.4 Å². The van der Waals surface area contributed by atoms with Crippen LogP contribution in [0.4, 0.5) is 0 Å². The van der Waals surface area contributed by atoms with Crippen LogP contribution in [0.2, 0.25) is 0 Å². The van der Waals surface area contributed by atoms with Gasteiger partial charge in [0.05, 0.1) is 12.6 Å². The molecular weight excluding hydrogens is 210 g/mol. The van der Waals surface area contributed by atoms with Gasteiger partial charge in [0.15, 0.2) is 12.4 Å². The van der Waals surface area contributed by atoms with E-state index in [4.69, 9.17) is 14.6 Å². The Balaban J connectivity index is 1.96. The van der Waals surface area contributed by atoms with Crippen LogP contribution in [0.5, 0.6) is 0 Å². The van der Waals surface area contributed by atoms with Crippen molar-refractivity contribution in [3.05, 3.63) is 0 Å². The van der Waals surface area contributed by atoms with Crippen LogP contribution in [0.3, 0.4) is 0 Å². The van der Waals surface area contributed by atoms with E-state index in [0.717, 1.165) is 19.4 Å². The molecule has 0 bridgehead atoms. The van der Waals surface area contributed by atoms with Crippen LogP contribution in [-0.2, 0) is 14.3 Å². The first-order chi connectivity index (χ1) is 7.59. The molecule has 0 spiro atoms. The van der Waals surface area contributed by atoms with E-state index >= 15 is 0 Å². The zero-order valence-electron chi connectivity index (χ0n) is 9.76. The van der Waals surface area contributed by atoms with Crippen LogP contribution < -0.4 is 0 Å². The first-order valence-corrected chi connectivity index (χ1v) is 5.85. The van der Waals surface area contributed by atoms with Crippen molar-refractivity contribution in [2.45, 2.75) is 51.2 Å². The summed E-state index contributed by atoms with van der Waals surface area (Å²) in [5, 5.41) is 8.83. The van der Waals surface area contributed by atoms with Gasteiger partial charge in [0.2, 0.25) is 0 Å². The summed E-state index contributed by atoms with van der Waals surface area (Å²) in [7, 11) is 0. The second-order valence-corrected chi connectivity index (χ2v) is 4.71. The van der Waals surface area contributed by atoms with Gasteiger partial charge >= 0.3 is 5.97 Å². The molecule has 0 aliphatic carbocycles. The van der Waals surface area contributed by atoms with Crippen molar-refractivity contribution in [2.75, 3.05) is 13.2 Å². The first-order valence-electron chi connectivity index (χ1n) is 5.85. The van der Waals surface area contributed by atoms with Crippen molar-refractivity contribution in [1.29, 1.82) is 0 Å². The Morgan fingerprint density at radius 2 is 2.25 bits per heavy atom. The molecule has 0 saturated carbocycles. The number of ether oxygens (including phenoxy) is 2. The minimum absolute atomic E-state index is 0.169. The predicted octanol–water partition coefficient (Wildman–Crippen LogP) is 0.685. The Morgan fingerprint density at radius 1 is 1.50 bits per heavy atom. The Labute approximate surface area is 95.3 Å².